The van der Waals surface area contributed by atoms with Crippen LogP contribution in [0.1, 0.15) is 33.3 Å². The summed E-state index contributed by atoms with van der Waals surface area (Å²) >= 11 is 1.48. The largest absolute Gasteiger partial charge is 0.493 e. The van der Waals surface area contributed by atoms with Crippen molar-refractivity contribution in [2.75, 3.05) is 6.61 Å². The first kappa shape index (κ1) is 15.9. The second-order valence-corrected chi connectivity index (χ2v) is 7.15. The molecular formula is C21H19NO2S. The van der Waals surface area contributed by atoms with Gasteiger partial charge in [-0.05, 0) is 30.0 Å². The van der Waals surface area contributed by atoms with E-state index in [1.54, 1.807) is 0 Å². The monoisotopic (exact) mass is 349 g/mol. The Morgan fingerprint density at radius 2 is 1.92 bits per heavy atom. The minimum absolute atomic E-state index is 0.00887. The summed E-state index contributed by atoms with van der Waals surface area (Å²) < 4.78 is 5.68. The minimum atomic E-state index is -0.0210. The lowest BCUT2D eigenvalue weighted by Crippen LogP contribution is -2.31. The van der Waals surface area contributed by atoms with Gasteiger partial charge in [0.1, 0.15) is 5.75 Å². The second kappa shape index (κ2) is 6.73. The molecule has 0 bridgehead atoms. The zero-order valence-corrected chi connectivity index (χ0v) is 14.8. The van der Waals surface area contributed by atoms with E-state index < -0.39 is 0 Å². The first-order valence-corrected chi connectivity index (χ1v) is 9.27. The average Bonchev–Trinajstić information content (AvgIpc) is 3.12. The topological polar surface area (TPSA) is 38.3 Å². The van der Waals surface area contributed by atoms with Crippen LogP contribution in [0.3, 0.4) is 0 Å². The Morgan fingerprint density at radius 3 is 2.76 bits per heavy atom. The molecule has 1 aliphatic rings. The fraction of sp³-hybridized carbons (Fsp3) is 0.190. The molecule has 3 aromatic rings. The number of fused-ring (bicyclic) bond motifs is 1. The van der Waals surface area contributed by atoms with Gasteiger partial charge in [-0.15, -0.1) is 11.3 Å². The molecule has 0 aliphatic carbocycles. The summed E-state index contributed by atoms with van der Waals surface area (Å²) in [4.78, 5) is 13.7. The molecular weight excluding hydrogens is 330 g/mol. The summed E-state index contributed by atoms with van der Waals surface area (Å²) in [5.74, 6) is 0.844. The van der Waals surface area contributed by atoms with Crippen LogP contribution in [-0.4, -0.2) is 12.5 Å². The molecule has 1 aromatic heterocycles. The first-order valence-electron chi connectivity index (χ1n) is 8.39. The van der Waals surface area contributed by atoms with E-state index >= 15 is 0 Å². The van der Waals surface area contributed by atoms with Gasteiger partial charge < -0.3 is 10.1 Å². The van der Waals surface area contributed by atoms with Gasteiger partial charge in [0.15, 0.2) is 0 Å². The summed E-state index contributed by atoms with van der Waals surface area (Å²) in [7, 11) is 0. The number of hydrogen-bond acceptors (Lipinski definition) is 3. The van der Waals surface area contributed by atoms with Gasteiger partial charge in [-0.1, -0.05) is 48.0 Å². The number of thiophene rings is 1. The maximum Gasteiger partial charge on any atom is 0.262 e. The van der Waals surface area contributed by atoms with Crippen molar-refractivity contribution in [3.05, 3.63) is 76.0 Å². The lowest BCUT2D eigenvalue weighted by molar-refractivity contribution is 0.0929. The highest BCUT2D eigenvalue weighted by Gasteiger charge is 2.24. The van der Waals surface area contributed by atoms with Crippen LogP contribution in [0.4, 0.5) is 0 Å². The molecule has 0 fully saturated rings. The van der Waals surface area contributed by atoms with Crippen molar-refractivity contribution >= 4 is 17.2 Å². The molecule has 126 valence electrons. The molecule has 1 amide bonds. The zero-order valence-electron chi connectivity index (χ0n) is 14.0. The predicted molar refractivity (Wildman–Crippen MR) is 101 cm³/mol. The molecule has 0 saturated heterocycles. The number of rotatable bonds is 3. The number of benzene rings is 2. The van der Waals surface area contributed by atoms with E-state index in [-0.39, 0.29) is 11.9 Å². The summed E-state index contributed by atoms with van der Waals surface area (Å²) in [6.45, 7) is 2.69. The van der Waals surface area contributed by atoms with Gasteiger partial charge in [0, 0.05) is 17.5 Å². The van der Waals surface area contributed by atoms with E-state index in [4.69, 9.17) is 4.74 Å². The van der Waals surface area contributed by atoms with E-state index in [2.05, 4.69) is 36.5 Å². The third-order valence-electron chi connectivity index (χ3n) is 4.50. The fourth-order valence-electron chi connectivity index (χ4n) is 3.16. The highest BCUT2D eigenvalue weighted by molar-refractivity contribution is 7.12. The molecule has 4 heteroatoms. The molecule has 1 aliphatic heterocycles. The van der Waals surface area contributed by atoms with Crippen molar-refractivity contribution in [3.8, 4) is 16.9 Å². The second-order valence-electron chi connectivity index (χ2n) is 6.23. The van der Waals surface area contributed by atoms with Crippen molar-refractivity contribution in [1.29, 1.82) is 0 Å². The Bertz CT molecular complexity index is 898. The number of amides is 1. The summed E-state index contributed by atoms with van der Waals surface area (Å²) in [6.07, 6.45) is 0.786. The lowest BCUT2D eigenvalue weighted by Gasteiger charge is -2.26. The van der Waals surface area contributed by atoms with Crippen LogP contribution in [0.2, 0.25) is 0 Å². The summed E-state index contributed by atoms with van der Waals surface area (Å²) in [6, 6.07) is 18.2. The van der Waals surface area contributed by atoms with Gasteiger partial charge in [0.25, 0.3) is 5.91 Å². The lowest BCUT2D eigenvalue weighted by atomic mass is 10.00. The van der Waals surface area contributed by atoms with Gasteiger partial charge in [0.05, 0.1) is 17.5 Å². The standard InChI is InChI=1S/C21H19NO2S/c1-14-6-8-15(9-7-14)16-11-13-25-20(16)21(23)22-18-10-12-24-19-5-3-2-4-17(18)19/h2-9,11,13,18H,10,12H2,1H3,(H,22,23). The van der Waals surface area contributed by atoms with Crippen LogP contribution < -0.4 is 10.1 Å². The number of ether oxygens (including phenoxy) is 1. The Labute approximate surface area is 151 Å². The third-order valence-corrected chi connectivity index (χ3v) is 5.41. The number of carbonyl (C=O) groups is 1. The maximum atomic E-state index is 12.9. The molecule has 0 radical (unpaired) electrons. The van der Waals surface area contributed by atoms with Crippen molar-refractivity contribution in [3.63, 3.8) is 0 Å². The number of hydrogen-bond donors (Lipinski definition) is 1. The highest BCUT2D eigenvalue weighted by Crippen LogP contribution is 2.33. The van der Waals surface area contributed by atoms with Gasteiger partial charge in [0.2, 0.25) is 0 Å². The average molecular weight is 349 g/mol. The van der Waals surface area contributed by atoms with Crippen LogP contribution in [0, 0.1) is 6.92 Å². The quantitative estimate of drug-likeness (QED) is 0.724. The maximum absolute atomic E-state index is 12.9. The number of carbonyl (C=O) groups excluding carboxylic acids is 1. The summed E-state index contributed by atoms with van der Waals surface area (Å²) in [5, 5.41) is 5.16. The molecule has 3 nitrogen and oxygen atoms in total. The highest BCUT2D eigenvalue weighted by atomic mass is 32.1. The summed E-state index contributed by atoms with van der Waals surface area (Å²) in [5.41, 5.74) is 4.33. The van der Waals surface area contributed by atoms with E-state index in [0.717, 1.165) is 33.7 Å². The van der Waals surface area contributed by atoms with Crippen LogP contribution in [0.25, 0.3) is 11.1 Å². The van der Waals surface area contributed by atoms with Crippen LogP contribution in [-0.2, 0) is 0 Å². The Hall–Kier alpha value is -2.59. The number of aryl methyl sites for hydroxylation is 1. The number of nitrogens with one attached hydrogen (secondary N) is 1. The Morgan fingerprint density at radius 1 is 1.12 bits per heavy atom. The molecule has 4 rings (SSSR count). The van der Waals surface area contributed by atoms with E-state index in [1.165, 1.54) is 16.9 Å². The molecule has 25 heavy (non-hydrogen) atoms. The fourth-order valence-corrected chi connectivity index (χ4v) is 3.98. The molecule has 0 spiro atoms. The molecule has 1 N–H and O–H groups in total. The SMILES string of the molecule is Cc1ccc(-c2ccsc2C(=O)NC2CCOc3ccccc32)cc1. The van der Waals surface area contributed by atoms with Crippen molar-refractivity contribution in [1.82, 2.24) is 5.32 Å². The predicted octanol–water partition coefficient (Wildman–Crippen LogP) is 4.98. The van der Waals surface area contributed by atoms with Gasteiger partial charge in [-0.3, -0.25) is 4.79 Å². The van der Waals surface area contributed by atoms with E-state index in [1.807, 2.05) is 35.7 Å². The van der Waals surface area contributed by atoms with Gasteiger partial charge in [-0.2, -0.15) is 0 Å². The van der Waals surface area contributed by atoms with Crippen LogP contribution in [0.5, 0.6) is 5.75 Å². The normalized spacial score (nSPS) is 16.0. The van der Waals surface area contributed by atoms with Crippen molar-refractivity contribution in [2.24, 2.45) is 0 Å². The van der Waals surface area contributed by atoms with Crippen molar-refractivity contribution < 1.29 is 9.53 Å². The minimum Gasteiger partial charge on any atom is -0.493 e. The van der Waals surface area contributed by atoms with Crippen LogP contribution in [0.15, 0.2) is 60.0 Å². The molecule has 2 heterocycles. The van der Waals surface area contributed by atoms with E-state index in [0.29, 0.717) is 6.61 Å². The van der Waals surface area contributed by atoms with Crippen LogP contribution >= 0.6 is 11.3 Å². The molecule has 1 unspecified atom stereocenters. The van der Waals surface area contributed by atoms with Gasteiger partial charge in [-0.25, -0.2) is 0 Å². The number of para-hydroxylation sites is 1. The molecule has 0 saturated carbocycles. The third kappa shape index (κ3) is 3.17. The molecule has 2 aromatic carbocycles. The smallest absolute Gasteiger partial charge is 0.262 e. The van der Waals surface area contributed by atoms with Crippen molar-refractivity contribution in [2.45, 2.75) is 19.4 Å². The first-order chi connectivity index (χ1) is 12.2. The molecule has 1 atom stereocenters. The zero-order chi connectivity index (χ0) is 17.2. The van der Waals surface area contributed by atoms with E-state index in [9.17, 15) is 4.79 Å². The van der Waals surface area contributed by atoms with Gasteiger partial charge >= 0.3 is 0 Å². The Balaban J connectivity index is 1.59. The Kier molecular flexibility index (Phi) is 4.28.